The van der Waals surface area contributed by atoms with Crippen molar-refractivity contribution in [1.29, 1.82) is 0 Å². The zero-order valence-electron chi connectivity index (χ0n) is 14.7. The van der Waals surface area contributed by atoms with Crippen LogP contribution in [0, 0.1) is 0 Å². The van der Waals surface area contributed by atoms with Gasteiger partial charge >= 0.3 is 0 Å². The molecular weight excluding hydrogens is 332 g/mol. The Kier molecular flexibility index (Phi) is 4.16. The Morgan fingerprint density at radius 2 is 2.00 bits per heavy atom. The highest BCUT2D eigenvalue weighted by atomic mass is 16.5. The lowest BCUT2D eigenvalue weighted by Gasteiger charge is -2.32. The van der Waals surface area contributed by atoms with E-state index in [4.69, 9.17) is 4.74 Å². The summed E-state index contributed by atoms with van der Waals surface area (Å²) in [5, 5.41) is 8.60. The van der Waals surface area contributed by atoms with E-state index in [1.165, 1.54) is 0 Å². The fraction of sp³-hybridized carbons (Fsp3) is 0.333. The average molecular weight is 352 g/mol. The van der Waals surface area contributed by atoms with Gasteiger partial charge < -0.3 is 14.2 Å². The molecule has 0 saturated heterocycles. The Hall–Kier alpha value is -3.16. The minimum Gasteiger partial charge on any atom is -0.497 e. The monoisotopic (exact) mass is 352 g/mol. The first-order valence-corrected chi connectivity index (χ1v) is 8.46. The average Bonchev–Trinajstić information content (AvgIpc) is 3.30. The van der Waals surface area contributed by atoms with Gasteiger partial charge in [0, 0.05) is 18.9 Å². The molecule has 2 aromatic heterocycles. The predicted molar refractivity (Wildman–Crippen MR) is 93.3 cm³/mol. The van der Waals surface area contributed by atoms with Crippen LogP contribution in [0.15, 0.2) is 43.0 Å². The molecule has 134 valence electrons. The van der Waals surface area contributed by atoms with Crippen LogP contribution >= 0.6 is 0 Å². The van der Waals surface area contributed by atoms with Crippen LogP contribution in [0.4, 0.5) is 0 Å². The van der Waals surface area contributed by atoms with Gasteiger partial charge in [-0.1, -0.05) is 12.1 Å². The maximum Gasteiger partial charge on any atom is 0.246 e. The first-order valence-electron chi connectivity index (χ1n) is 8.46. The van der Waals surface area contributed by atoms with E-state index >= 15 is 0 Å². The van der Waals surface area contributed by atoms with Gasteiger partial charge in [0.1, 0.15) is 11.8 Å². The number of carbonyl (C=O) groups is 1. The molecule has 26 heavy (non-hydrogen) atoms. The number of amides is 1. The van der Waals surface area contributed by atoms with Gasteiger partial charge in [0.05, 0.1) is 26.5 Å². The second-order valence-corrected chi connectivity index (χ2v) is 6.36. The van der Waals surface area contributed by atoms with Gasteiger partial charge in [-0.25, -0.2) is 4.98 Å². The van der Waals surface area contributed by atoms with E-state index in [9.17, 15) is 4.79 Å². The summed E-state index contributed by atoms with van der Waals surface area (Å²) in [5.74, 6) is 2.44. The van der Waals surface area contributed by atoms with Gasteiger partial charge in [0.25, 0.3) is 0 Å². The quantitative estimate of drug-likeness (QED) is 0.697. The fourth-order valence-electron chi connectivity index (χ4n) is 3.28. The molecule has 0 spiro atoms. The third-order valence-electron chi connectivity index (χ3n) is 4.64. The number of carbonyl (C=O) groups excluding carboxylic acids is 1. The van der Waals surface area contributed by atoms with E-state index in [-0.39, 0.29) is 11.9 Å². The zero-order valence-corrected chi connectivity index (χ0v) is 14.7. The lowest BCUT2D eigenvalue weighted by molar-refractivity contribution is -0.137. The van der Waals surface area contributed by atoms with Gasteiger partial charge in [0.15, 0.2) is 11.6 Å². The number of fused-ring (bicyclic) bond motifs is 1. The molecule has 0 fully saturated rings. The summed E-state index contributed by atoms with van der Waals surface area (Å²) in [7, 11) is 1.64. The van der Waals surface area contributed by atoms with Crippen LogP contribution in [0.5, 0.6) is 5.75 Å². The number of hydrogen-bond acceptors (Lipinski definition) is 5. The van der Waals surface area contributed by atoms with Crippen LogP contribution < -0.4 is 4.74 Å². The summed E-state index contributed by atoms with van der Waals surface area (Å²) in [4.78, 5) is 18.7. The maximum absolute atomic E-state index is 12.9. The number of nitrogens with zero attached hydrogens (tertiary/aromatic N) is 6. The molecule has 0 aliphatic carbocycles. The van der Waals surface area contributed by atoms with E-state index < -0.39 is 0 Å². The Morgan fingerprint density at radius 3 is 2.69 bits per heavy atom. The lowest BCUT2D eigenvalue weighted by Crippen LogP contribution is -2.41. The summed E-state index contributed by atoms with van der Waals surface area (Å²) >= 11 is 0. The molecule has 0 saturated carbocycles. The van der Waals surface area contributed by atoms with Crippen molar-refractivity contribution in [3.8, 4) is 5.75 Å². The highest BCUT2D eigenvalue weighted by Crippen LogP contribution is 2.25. The molecular formula is C18H20N6O2. The van der Waals surface area contributed by atoms with Gasteiger partial charge in [-0.15, -0.1) is 10.2 Å². The molecule has 3 aromatic rings. The molecule has 0 N–H and O–H groups in total. The van der Waals surface area contributed by atoms with Crippen LogP contribution in [-0.2, 0) is 24.4 Å². The minimum absolute atomic E-state index is 0.0694. The van der Waals surface area contributed by atoms with E-state index in [1.807, 2.05) is 51.4 Å². The van der Waals surface area contributed by atoms with Crippen molar-refractivity contribution in [2.75, 3.05) is 7.11 Å². The summed E-state index contributed by atoms with van der Waals surface area (Å²) in [6.45, 7) is 3.43. The van der Waals surface area contributed by atoms with Gasteiger partial charge in [-0.3, -0.25) is 9.36 Å². The number of aromatic nitrogens is 5. The number of methoxy groups -OCH3 is 1. The largest absolute Gasteiger partial charge is 0.497 e. The van der Waals surface area contributed by atoms with Crippen molar-refractivity contribution in [2.45, 2.75) is 32.6 Å². The fourth-order valence-corrected chi connectivity index (χ4v) is 3.28. The molecule has 1 aromatic carbocycles. The van der Waals surface area contributed by atoms with Crippen molar-refractivity contribution in [3.05, 3.63) is 60.2 Å². The van der Waals surface area contributed by atoms with E-state index in [0.29, 0.717) is 19.6 Å². The molecule has 1 atom stereocenters. The zero-order chi connectivity index (χ0) is 18.1. The van der Waals surface area contributed by atoms with Crippen molar-refractivity contribution in [2.24, 2.45) is 0 Å². The van der Waals surface area contributed by atoms with Crippen molar-refractivity contribution < 1.29 is 9.53 Å². The summed E-state index contributed by atoms with van der Waals surface area (Å²) in [6, 6.07) is 7.42. The topological polar surface area (TPSA) is 78.1 Å². The summed E-state index contributed by atoms with van der Waals surface area (Å²) in [5.41, 5.74) is 1.05. The molecule has 0 radical (unpaired) electrons. The molecule has 1 amide bonds. The lowest BCUT2D eigenvalue weighted by atomic mass is 10.1. The van der Waals surface area contributed by atoms with Gasteiger partial charge in [0.2, 0.25) is 5.91 Å². The summed E-state index contributed by atoms with van der Waals surface area (Å²) in [6.07, 6.45) is 5.32. The Balaban J connectivity index is 1.55. The minimum atomic E-state index is -0.328. The van der Waals surface area contributed by atoms with E-state index in [2.05, 4.69) is 15.2 Å². The van der Waals surface area contributed by atoms with Crippen LogP contribution in [0.1, 0.15) is 30.2 Å². The van der Waals surface area contributed by atoms with E-state index in [0.717, 1.165) is 23.0 Å². The third-order valence-corrected chi connectivity index (χ3v) is 4.64. The first kappa shape index (κ1) is 16.3. The number of ether oxygens (including phenoxy) is 1. The predicted octanol–water partition coefficient (Wildman–Crippen LogP) is 1.63. The van der Waals surface area contributed by atoms with Gasteiger partial charge in [-0.05, 0) is 24.6 Å². The van der Waals surface area contributed by atoms with Crippen molar-refractivity contribution >= 4 is 5.91 Å². The Bertz CT molecular complexity index is 900. The Morgan fingerprint density at radius 1 is 1.19 bits per heavy atom. The van der Waals surface area contributed by atoms with E-state index in [1.54, 1.807) is 19.6 Å². The molecule has 0 unspecified atom stereocenters. The van der Waals surface area contributed by atoms with Crippen LogP contribution in [0.3, 0.4) is 0 Å². The highest BCUT2D eigenvalue weighted by Gasteiger charge is 2.33. The van der Waals surface area contributed by atoms with Gasteiger partial charge in [-0.2, -0.15) is 0 Å². The third kappa shape index (κ3) is 2.94. The standard InChI is InChI=1S/C18H20N6O2/c1-13-18(25)23(9-14-3-5-15(26-2)6-4-14)11-17-21-20-16(24(13)17)10-22-8-7-19-12-22/h3-8,12-13H,9-11H2,1-2H3/t13-/m0/s1. The Labute approximate surface area is 151 Å². The SMILES string of the molecule is COc1ccc(CN2Cc3nnc(Cn4ccnc4)n3[C@@H](C)C2=O)cc1. The number of hydrogen-bond donors (Lipinski definition) is 0. The molecule has 1 aliphatic heterocycles. The van der Waals surface area contributed by atoms with Crippen LogP contribution in [0.2, 0.25) is 0 Å². The number of imidazole rings is 1. The second-order valence-electron chi connectivity index (χ2n) is 6.36. The molecule has 3 heterocycles. The molecule has 8 nitrogen and oxygen atoms in total. The van der Waals surface area contributed by atoms with Crippen molar-refractivity contribution in [3.63, 3.8) is 0 Å². The molecule has 0 bridgehead atoms. The number of rotatable bonds is 5. The summed E-state index contributed by atoms with van der Waals surface area (Å²) < 4.78 is 9.03. The first-order chi connectivity index (χ1) is 12.7. The highest BCUT2D eigenvalue weighted by molar-refractivity contribution is 5.81. The smallest absolute Gasteiger partial charge is 0.246 e. The molecule has 1 aliphatic rings. The normalized spacial score (nSPS) is 16.6. The second kappa shape index (κ2) is 6.62. The van der Waals surface area contributed by atoms with Crippen molar-refractivity contribution in [1.82, 2.24) is 29.2 Å². The number of benzene rings is 1. The molecule has 8 heteroatoms. The van der Waals surface area contributed by atoms with Crippen LogP contribution in [0.25, 0.3) is 0 Å². The maximum atomic E-state index is 12.9. The van der Waals surface area contributed by atoms with Crippen LogP contribution in [-0.4, -0.2) is 42.2 Å². The molecule has 4 rings (SSSR count).